The van der Waals surface area contributed by atoms with Gasteiger partial charge in [-0.3, -0.25) is 10.1 Å². The summed E-state index contributed by atoms with van der Waals surface area (Å²) in [7, 11) is 0. The van der Waals surface area contributed by atoms with Crippen LogP contribution in [0.25, 0.3) is 11.1 Å². The van der Waals surface area contributed by atoms with Crippen LogP contribution in [0, 0.1) is 10.1 Å². The van der Waals surface area contributed by atoms with Crippen LogP contribution in [0.2, 0.25) is 0 Å². The molecule has 2 atom stereocenters. The number of non-ortho nitro benzene ring substituents is 1. The van der Waals surface area contributed by atoms with E-state index in [9.17, 15) is 24.8 Å². The zero-order valence-corrected chi connectivity index (χ0v) is 18.9. The van der Waals surface area contributed by atoms with E-state index in [1.54, 1.807) is 0 Å². The Morgan fingerprint density at radius 3 is 2.09 bits per heavy atom. The Labute approximate surface area is 201 Å². The number of amides is 1. The van der Waals surface area contributed by atoms with E-state index in [1.165, 1.54) is 31.2 Å². The number of benzene rings is 3. The maximum absolute atomic E-state index is 12.5. The lowest BCUT2D eigenvalue weighted by Gasteiger charge is -2.21. The number of aliphatic hydroxyl groups excluding tert-OH is 1. The molecular formula is C26H24N2O7. The van der Waals surface area contributed by atoms with E-state index >= 15 is 0 Å². The number of nitrogens with one attached hydrogen (secondary N) is 1. The Balaban J connectivity index is 1.35. The van der Waals surface area contributed by atoms with Gasteiger partial charge in [-0.25, -0.2) is 9.59 Å². The molecule has 1 aliphatic rings. The molecule has 0 saturated carbocycles. The van der Waals surface area contributed by atoms with Crippen LogP contribution < -0.4 is 5.32 Å². The van der Waals surface area contributed by atoms with Crippen LogP contribution in [0.3, 0.4) is 0 Å². The highest BCUT2D eigenvalue weighted by Gasteiger charge is 2.31. The molecule has 1 amide bonds. The SMILES string of the molecule is C[C@@H](O)[C@H](NC(=O)OCC1c2ccccc2-c2ccccc21)C(=O)OCc1ccc([N+](=O)[O-])cc1. The summed E-state index contributed by atoms with van der Waals surface area (Å²) in [6.07, 6.45) is -2.09. The predicted molar refractivity (Wildman–Crippen MR) is 127 cm³/mol. The summed E-state index contributed by atoms with van der Waals surface area (Å²) >= 11 is 0. The van der Waals surface area contributed by atoms with Gasteiger partial charge in [-0.15, -0.1) is 0 Å². The minimum Gasteiger partial charge on any atom is -0.459 e. The normalized spacial score (nSPS) is 13.8. The first-order valence-corrected chi connectivity index (χ1v) is 11.0. The summed E-state index contributed by atoms with van der Waals surface area (Å²) in [6.45, 7) is 1.23. The zero-order valence-electron chi connectivity index (χ0n) is 18.9. The van der Waals surface area contributed by atoms with Crippen LogP contribution in [0.4, 0.5) is 10.5 Å². The van der Waals surface area contributed by atoms with Crippen molar-refractivity contribution in [1.29, 1.82) is 0 Å². The number of carbonyl (C=O) groups is 2. The molecule has 0 aliphatic heterocycles. The van der Waals surface area contributed by atoms with Crippen molar-refractivity contribution in [3.8, 4) is 11.1 Å². The van der Waals surface area contributed by atoms with Crippen molar-refractivity contribution in [3.05, 3.63) is 99.6 Å². The molecule has 0 unspecified atom stereocenters. The van der Waals surface area contributed by atoms with Crippen molar-refractivity contribution in [2.45, 2.75) is 31.6 Å². The van der Waals surface area contributed by atoms with Crippen molar-refractivity contribution in [3.63, 3.8) is 0 Å². The van der Waals surface area contributed by atoms with Crippen molar-refractivity contribution >= 4 is 17.7 Å². The molecule has 1 aliphatic carbocycles. The average molecular weight is 476 g/mol. The minimum absolute atomic E-state index is 0.0598. The van der Waals surface area contributed by atoms with E-state index < -0.39 is 29.1 Å². The molecular weight excluding hydrogens is 452 g/mol. The number of nitro groups is 1. The van der Waals surface area contributed by atoms with Crippen LogP contribution >= 0.6 is 0 Å². The van der Waals surface area contributed by atoms with E-state index in [2.05, 4.69) is 5.32 Å². The Kier molecular flexibility index (Phi) is 7.07. The van der Waals surface area contributed by atoms with Gasteiger partial charge in [-0.1, -0.05) is 48.5 Å². The van der Waals surface area contributed by atoms with Gasteiger partial charge in [0.25, 0.3) is 5.69 Å². The van der Waals surface area contributed by atoms with E-state index in [-0.39, 0.29) is 24.8 Å². The molecule has 0 aromatic heterocycles. The lowest BCUT2D eigenvalue weighted by molar-refractivity contribution is -0.384. The number of nitrogens with zero attached hydrogens (tertiary/aromatic N) is 1. The van der Waals surface area contributed by atoms with Gasteiger partial charge >= 0.3 is 12.1 Å². The number of aliphatic hydroxyl groups is 1. The van der Waals surface area contributed by atoms with Crippen LogP contribution in [0.1, 0.15) is 29.5 Å². The highest BCUT2D eigenvalue weighted by Crippen LogP contribution is 2.44. The fraction of sp³-hybridized carbons (Fsp3) is 0.231. The third-order valence-electron chi connectivity index (χ3n) is 5.88. The van der Waals surface area contributed by atoms with Gasteiger partial charge in [0.2, 0.25) is 0 Å². The van der Waals surface area contributed by atoms with Crippen LogP contribution in [-0.2, 0) is 20.9 Å². The first-order valence-electron chi connectivity index (χ1n) is 11.0. The smallest absolute Gasteiger partial charge is 0.407 e. The maximum Gasteiger partial charge on any atom is 0.407 e. The molecule has 2 N–H and O–H groups in total. The fourth-order valence-electron chi connectivity index (χ4n) is 4.10. The van der Waals surface area contributed by atoms with Gasteiger partial charge in [0.05, 0.1) is 11.0 Å². The number of ether oxygens (including phenoxy) is 2. The summed E-state index contributed by atoms with van der Waals surface area (Å²) in [6, 6.07) is 20.0. The number of hydrogen-bond acceptors (Lipinski definition) is 7. The first kappa shape index (κ1) is 23.9. The summed E-state index contributed by atoms with van der Waals surface area (Å²) in [5.41, 5.74) is 4.73. The number of hydrogen-bond donors (Lipinski definition) is 2. The summed E-state index contributed by atoms with van der Waals surface area (Å²) in [5, 5.41) is 23.1. The fourth-order valence-corrected chi connectivity index (χ4v) is 4.10. The number of rotatable bonds is 8. The summed E-state index contributed by atoms with van der Waals surface area (Å²) in [5.74, 6) is -1.00. The molecule has 0 heterocycles. The van der Waals surface area contributed by atoms with E-state index in [0.29, 0.717) is 5.56 Å². The van der Waals surface area contributed by atoms with Gasteiger partial charge in [-0.05, 0) is 46.9 Å². The monoisotopic (exact) mass is 476 g/mol. The topological polar surface area (TPSA) is 128 Å². The zero-order chi connectivity index (χ0) is 24.9. The summed E-state index contributed by atoms with van der Waals surface area (Å²) in [4.78, 5) is 35.2. The Hall–Kier alpha value is -4.24. The number of alkyl carbamates (subject to hydrolysis) is 1. The Morgan fingerprint density at radius 1 is 0.971 bits per heavy atom. The van der Waals surface area contributed by atoms with E-state index in [0.717, 1.165) is 22.3 Å². The molecule has 4 rings (SSSR count). The quantitative estimate of drug-likeness (QED) is 0.286. The predicted octanol–water partition coefficient (Wildman–Crippen LogP) is 3.93. The molecule has 9 heteroatoms. The highest BCUT2D eigenvalue weighted by molar-refractivity contribution is 5.82. The van der Waals surface area contributed by atoms with Crippen LogP contribution in [0.5, 0.6) is 0 Å². The second-order valence-electron chi connectivity index (χ2n) is 8.22. The first-order chi connectivity index (χ1) is 16.8. The molecule has 3 aromatic rings. The van der Waals surface area contributed by atoms with E-state index in [4.69, 9.17) is 9.47 Å². The molecule has 35 heavy (non-hydrogen) atoms. The standard InChI is InChI=1S/C26H24N2O7/c1-16(29)24(25(30)34-14-17-10-12-18(13-11-17)28(32)33)27-26(31)35-15-23-21-8-4-2-6-19(21)20-7-3-5-9-22(20)23/h2-13,16,23-24,29H,14-15H2,1H3,(H,27,31)/t16-,24+/m1/s1. The molecule has 0 radical (unpaired) electrons. The summed E-state index contributed by atoms with van der Waals surface area (Å²) < 4.78 is 10.6. The number of carbonyl (C=O) groups excluding carboxylic acids is 2. The van der Waals surface area contributed by atoms with Crippen molar-refractivity contribution in [2.75, 3.05) is 6.61 Å². The number of esters is 1. The molecule has 0 saturated heterocycles. The minimum atomic E-state index is -1.34. The molecule has 0 fully saturated rings. The van der Waals surface area contributed by atoms with Crippen molar-refractivity contribution < 1.29 is 29.1 Å². The lowest BCUT2D eigenvalue weighted by atomic mass is 9.98. The van der Waals surface area contributed by atoms with Crippen molar-refractivity contribution in [1.82, 2.24) is 5.32 Å². The lowest BCUT2D eigenvalue weighted by Crippen LogP contribution is -2.48. The maximum atomic E-state index is 12.5. The molecule has 0 spiro atoms. The second-order valence-corrected chi connectivity index (χ2v) is 8.22. The third-order valence-corrected chi connectivity index (χ3v) is 5.88. The van der Waals surface area contributed by atoms with E-state index in [1.807, 2.05) is 48.5 Å². The highest BCUT2D eigenvalue weighted by atomic mass is 16.6. The van der Waals surface area contributed by atoms with Crippen LogP contribution in [-0.4, -0.2) is 40.8 Å². The van der Waals surface area contributed by atoms with Crippen LogP contribution in [0.15, 0.2) is 72.8 Å². The van der Waals surface area contributed by atoms with Crippen molar-refractivity contribution in [2.24, 2.45) is 0 Å². The average Bonchev–Trinajstić information content (AvgIpc) is 3.18. The molecule has 9 nitrogen and oxygen atoms in total. The molecule has 180 valence electrons. The van der Waals surface area contributed by atoms with Gasteiger partial charge in [0.15, 0.2) is 6.04 Å². The van der Waals surface area contributed by atoms with Gasteiger partial charge in [-0.2, -0.15) is 0 Å². The Bertz CT molecular complexity index is 1190. The third kappa shape index (κ3) is 5.30. The number of nitro benzene ring substituents is 1. The second kappa shape index (κ2) is 10.4. The Morgan fingerprint density at radius 2 is 1.54 bits per heavy atom. The number of fused-ring (bicyclic) bond motifs is 3. The molecule has 0 bridgehead atoms. The van der Waals surface area contributed by atoms with Gasteiger partial charge in [0.1, 0.15) is 13.2 Å². The van der Waals surface area contributed by atoms with Gasteiger partial charge < -0.3 is 19.9 Å². The largest absolute Gasteiger partial charge is 0.459 e. The van der Waals surface area contributed by atoms with Gasteiger partial charge in [0, 0.05) is 18.1 Å². The molecule has 3 aromatic carbocycles.